The zero-order valence-electron chi connectivity index (χ0n) is 10.8. The maximum atomic E-state index is 14.1. The number of halogens is 2. The van der Waals surface area contributed by atoms with Crippen LogP contribution < -0.4 is 0 Å². The van der Waals surface area contributed by atoms with E-state index in [1.165, 1.54) is 0 Å². The molecule has 2 aromatic rings. The van der Waals surface area contributed by atoms with Crippen molar-refractivity contribution in [3.63, 3.8) is 0 Å². The molecule has 0 saturated heterocycles. The van der Waals surface area contributed by atoms with Crippen LogP contribution in [0.2, 0.25) is 5.02 Å². The van der Waals surface area contributed by atoms with Crippen molar-refractivity contribution >= 4 is 11.6 Å². The van der Waals surface area contributed by atoms with Gasteiger partial charge in [0.15, 0.2) is 0 Å². The minimum absolute atomic E-state index is 0.182. The molecule has 2 heteroatoms. The van der Waals surface area contributed by atoms with Gasteiger partial charge in [-0.15, -0.1) is 0 Å². The van der Waals surface area contributed by atoms with Crippen molar-refractivity contribution in [3.8, 4) is 11.1 Å². The Labute approximate surface area is 112 Å². The van der Waals surface area contributed by atoms with Crippen LogP contribution in [0.5, 0.6) is 0 Å². The van der Waals surface area contributed by atoms with E-state index in [9.17, 15) is 4.39 Å². The van der Waals surface area contributed by atoms with E-state index in [0.29, 0.717) is 5.56 Å². The molecule has 0 nitrogen and oxygen atoms in total. The van der Waals surface area contributed by atoms with Crippen LogP contribution in [0, 0.1) is 5.82 Å². The predicted molar refractivity (Wildman–Crippen MR) is 75.5 cm³/mol. The molecule has 0 bridgehead atoms. The number of benzene rings is 2. The maximum Gasteiger partial charge on any atom is 0.145 e. The van der Waals surface area contributed by atoms with Gasteiger partial charge in [0.1, 0.15) is 5.82 Å². The van der Waals surface area contributed by atoms with E-state index in [0.717, 1.165) is 11.1 Å². The maximum absolute atomic E-state index is 14.1. The van der Waals surface area contributed by atoms with Gasteiger partial charge in [-0.2, -0.15) is 0 Å². The van der Waals surface area contributed by atoms with Gasteiger partial charge >= 0.3 is 0 Å². The highest BCUT2D eigenvalue weighted by atomic mass is 35.5. The van der Waals surface area contributed by atoms with E-state index in [4.69, 9.17) is 11.6 Å². The van der Waals surface area contributed by atoms with Gasteiger partial charge in [-0.25, -0.2) is 4.39 Å². The molecule has 2 aromatic carbocycles. The van der Waals surface area contributed by atoms with Crippen LogP contribution in [0.4, 0.5) is 4.39 Å². The second-order valence-corrected chi connectivity index (χ2v) is 5.84. The summed E-state index contributed by atoms with van der Waals surface area (Å²) in [6, 6.07) is 13.4. The van der Waals surface area contributed by atoms with E-state index in [2.05, 4.69) is 0 Å². The molecule has 2 rings (SSSR count). The molecule has 0 aliphatic heterocycles. The molecule has 0 saturated carbocycles. The van der Waals surface area contributed by atoms with Crippen molar-refractivity contribution in [2.24, 2.45) is 0 Å². The minimum atomic E-state index is -0.316. The SMILES string of the molecule is CC(C)(C)c1cc(-c2ccccc2)cc(Cl)c1F. The molecule has 94 valence electrons. The van der Waals surface area contributed by atoms with Crippen LogP contribution in [0.3, 0.4) is 0 Å². The van der Waals surface area contributed by atoms with Crippen molar-refractivity contribution < 1.29 is 4.39 Å². The van der Waals surface area contributed by atoms with Crippen LogP contribution in [0.15, 0.2) is 42.5 Å². The van der Waals surface area contributed by atoms with Gasteiger partial charge in [0.25, 0.3) is 0 Å². The van der Waals surface area contributed by atoms with Crippen molar-refractivity contribution in [3.05, 3.63) is 58.9 Å². The van der Waals surface area contributed by atoms with Gasteiger partial charge in [0, 0.05) is 0 Å². The molecule has 0 aromatic heterocycles. The summed E-state index contributed by atoms with van der Waals surface area (Å²) in [7, 11) is 0. The summed E-state index contributed by atoms with van der Waals surface area (Å²) in [5.74, 6) is -0.316. The number of hydrogen-bond acceptors (Lipinski definition) is 0. The topological polar surface area (TPSA) is 0 Å². The first kappa shape index (κ1) is 13.1. The molecule has 0 amide bonds. The normalized spacial score (nSPS) is 11.6. The lowest BCUT2D eigenvalue weighted by Crippen LogP contribution is -2.14. The van der Waals surface area contributed by atoms with Gasteiger partial charge in [0.2, 0.25) is 0 Å². The fourth-order valence-corrected chi connectivity index (χ4v) is 2.15. The van der Waals surface area contributed by atoms with E-state index >= 15 is 0 Å². The Balaban J connectivity index is 2.62. The third-order valence-electron chi connectivity index (χ3n) is 2.94. The first-order chi connectivity index (χ1) is 8.39. The standard InChI is InChI=1S/C16H16ClF/c1-16(2,3)13-9-12(10-14(17)15(13)18)11-7-5-4-6-8-11/h4-10H,1-3H3. The molecule has 0 N–H and O–H groups in total. The Morgan fingerprint density at radius 2 is 1.56 bits per heavy atom. The molecular weight excluding hydrogens is 247 g/mol. The van der Waals surface area contributed by atoms with Crippen molar-refractivity contribution in [2.45, 2.75) is 26.2 Å². The quantitative estimate of drug-likeness (QED) is 0.642. The van der Waals surface area contributed by atoms with Crippen LogP contribution >= 0.6 is 11.6 Å². The second-order valence-electron chi connectivity index (χ2n) is 5.44. The molecular formula is C16H16ClF. The lowest BCUT2D eigenvalue weighted by Gasteiger charge is -2.21. The van der Waals surface area contributed by atoms with Crippen molar-refractivity contribution in [2.75, 3.05) is 0 Å². The zero-order valence-corrected chi connectivity index (χ0v) is 11.6. The third kappa shape index (κ3) is 2.56. The Kier molecular flexibility index (Phi) is 3.45. The second kappa shape index (κ2) is 4.74. The molecule has 0 heterocycles. The van der Waals surface area contributed by atoms with Gasteiger partial charge in [-0.3, -0.25) is 0 Å². The fraction of sp³-hybridized carbons (Fsp3) is 0.250. The monoisotopic (exact) mass is 262 g/mol. The van der Waals surface area contributed by atoms with Crippen LogP contribution in [0.1, 0.15) is 26.3 Å². The summed E-state index contributed by atoms with van der Waals surface area (Å²) in [4.78, 5) is 0. The van der Waals surface area contributed by atoms with Gasteiger partial charge in [0.05, 0.1) is 5.02 Å². The van der Waals surface area contributed by atoms with Gasteiger partial charge in [-0.05, 0) is 34.2 Å². The highest BCUT2D eigenvalue weighted by Crippen LogP contribution is 2.34. The highest BCUT2D eigenvalue weighted by Gasteiger charge is 2.21. The molecule has 0 radical (unpaired) electrons. The average molecular weight is 263 g/mol. The van der Waals surface area contributed by atoms with Crippen LogP contribution in [-0.4, -0.2) is 0 Å². The molecule has 0 fully saturated rings. The lowest BCUT2D eigenvalue weighted by molar-refractivity contribution is 0.523. The summed E-state index contributed by atoms with van der Waals surface area (Å²) in [6.07, 6.45) is 0. The summed E-state index contributed by atoms with van der Waals surface area (Å²) >= 11 is 6.00. The van der Waals surface area contributed by atoms with E-state index in [-0.39, 0.29) is 16.3 Å². The predicted octanol–water partition coefficient (Wildman–Crippen LogP) is 5.44. The van der Waals surface area contributed by atoms with Crippen LogP contribution in [0.25, 0.3) is 11.1 Å². The molecule has 0 atom stereocenters. The fourth-order valence-electron chi connectivity index (χ4n) is 1.93. The summed E-state index contributed by atoms with van der Waals surface area (Å²) in [5.41, 5.74) is 2.38. The molecule has 0 spiro atoms. The summed E-state index contributed by atoms with van der Waals surface area (Å²) in [5, 5.41) is 0.182. The molecule has 0 aliphatic rings. The van der Waals surface area contributed by atoms with E-state index < -0.39 is 0 Å². The van der Waals surface area contributed by atoms with Crippen LogP contribution in [-0.2, 0) is 5.41 Å². The number of rotatable bonds is 1. The Morgan fingerprint density at radius 3 is 2.11 bits per heavy atom. The third-order valence-corrected chi connectivity index (χ3v) is 3.22. The minimum Gasteiger partial charge on any atom is -0.205 e. The zero-order chi connectivity index (χ0) is 13.3. The van der Waals surface area contributed by atoms with E-state index in [1.54, 1.807) is 6.07 Å². The molecule has 0 unspecified atom stereocenters. The van der Waals surface area contributed by atoms with Crippen molar-refractivity contribution in [1.82, 2.24) is 0 Å². The Bertz CT molecular complexity index is 553. The summed E-state index contributed by atoms with van der Waals surface area (Å²) < 4.78 is 14.1. The Morgan fingerprint density at radius 1 is 0.944 bits per heavy atom. The molecule has 0 aliphatic carbocycles. The lowest BCUT2D eigenvalue weighted by atomic mass is 9.85. The van der Waals surface area contributed by atoms with Gasteiger partial charge in [-0.1, -0.05) is 62.7 Å². The van der Waals surface area contributed by atoms with E-state index in [1.807, 2.05) is 57.2 Å². The largest absolute Gasteiger partial charge is 0.205 e. The van der Waals surface area contributed by atoms with Gasteiger partial charge < -0.3 is 0 Å². The first-order valence-electron chi connectivity index (χ1n) is 5.94. The van der Waals surface area contributed by atoms with Crippen molar-refractivity contribution in [1.29, 1.82) is 0 Å². The highest BCUT2D eigenvalue weighted by molar-refractivity contribution is 6.31. The average Bonchev–Trinajstić information content (AvgIpc) is 2.32. The number of hydrogen-bond donors (Lipinski definition) is 0. The summed E-state index contributed by atoms with van der Waals surface area (Å²) in [6.45, 7) is 5.95. The Hall–Kier alpha value is -1.34. The smallest absolute Gasteiger partial charge is 0.145 e. The first-order valence-corrected chi connectivity index (χ1v) is 6.32. The molecule has 18 heavy (non-hydrogen) atoms.